The average Bonchev–Trinajstić information content (AvgIpc) is 3.11. The predicted molar refractivity (Wildman–Crippen MR) is 146 cm³/mol. The van der Waals surface area contributed by atoms with Crippen LogP contribution < -0.4 is 10.6 Å². The van der Waals surface area contributed by atoms with Gasteiger partial charge in [-0.3, -0.25) is 19.3 Å². The lowest BCUT2D eigenvalue weighted by molar-refractivity contribution is -0.138. The first kappa shape index (κ1) is 26.5. The normalized spacial score (nSPS) is 13.4. The number of carbonyl (C=O) groups excluding carboxylic acids is 3. The number of halogens is 2. The Morgan fingerprint density at radius 2 is 1.43 bits per heavy atom. The first-order chi connectivity index (χ1) is 17.8. The molecule has 6 nitrogen and oxygen atoms in total. The Bertz CT molecular complexity index is 1360. The predicted octanol–water partition coefficient (Wildman–Crippen LogP) is 5.83. The van der Waals surface area contributed by atoms with E-state index in [4.69, 9.17) is 23.2 Å². The second-order valence-electron chi connectivity index (χ2n) is 8.64. The summed E-state index contributed by atoms with van der Waals surface area (Å²) in [6.07, 6.45) is 1.65. The zero-order chi connectivity index (χ0) is 26.5. The third-order valence-electron chi connectivity index (χ3n) is 6.32. The highest BCUT2D eigenvalue weighted by molar-refractivity contribution is 6.47. The van der Waals surface area contributed by atoms with E-state index >= 15 is 0 Å². The molecule has 37 heavy (non-hydrogen) atoms. The number of anilines is 1. The molecule has 1 aliphatic heterocycles. The molecule has 190 valence electrons. The number of imide groups is 1. The van der Waals surface area contributed by atoms with Crippen molar-refractivity contribution in [2.45, 2.75) is 39.8 Å². The van der Waals surface area contributed by atoms with Crippen molar-refractivity contribution in [1.29, 1.82) is 0 Å². The number of rotatable bonds is 9. The fraction of sp³-hybridized carbons (Fsp3) is 0.207. The first-order valence-corrected chi connectivity index (χ1v) is 12.8. The number of para-hydroxylation sites is 1. The van der Waals surface area contributed by atoms with Crippen molar-refractivity contribution < 1.29 is 14.4 Å². The quantitative estimate of drug-likeness (QED) is 0.338. The lowest BCUT2D eigenvalue weighted by Crippen LogP contribution is -2.33. The van der Waals surface area contributed by atoms with Gasteiger partial charge in [0.2, 0.25) is 0 Å². The van der Waals surface area contributed by atoms with E-state index in [1.54, 1.807) is 48.5 Å². The van der Waals surface area contributed by atoms with Gasteiger partial charge in [-0.05, 0) is 53.3 Å². The van der Waals surface area contributed by atoms with Gasteiger partial charge in [0.25, 0.3) is 17.7 Å². The molecule has 8 heteroatoms. The standard InChI is InChI=1S/C29H27Cl2N3O3/c1-3-19-9-7-10-20(4-2)25(19)33-27(35)21-14-12-18(13-15-21)16-32-26-24(31)28(36)34(29(26)37)17-22-8-5-6-11-23(22)30/h5-15,32H,3-4,16-17H2,1-2H3,(H,33,35). The molecule has 0 aromatic heterocycles. The fourth-order valence-electron chi connectivity index (χ4n) is 4.19. The highest BCUT2D eigenvalue weighted by atomic mass is 35.5. The molecule has 0 spiro atoms. The minimum absolute atomic E-state index is 0.0312. The zero-order valence-electron chi connectivity index (χ0n) is 20.6. The maximum atomic E-state index is 12.9. The van der Waals surface area contributed by atoms with Crippen molar-refractivity contribution in [3.05, 3.63) is 110 Å². The molecule has 2 N–H and O–H groups in total. The summed E-state index contributed by atoms with van der Waals surface area (Å²) >= 11 is 12.4. The molecule has 4 rings (SSSR count). The van der Waals surface area contributed by atoms with E-state index in [0.717, 1.165) is 40.1 Å². The summed E-state index contributed by atoms with van der Waals surface area (Å²) in [7, 11) is 0. The average molecular weight is 536 g/mol. The first-order valence-electron chi connectivity index (χ1n) is 12.1. The maximum absolute atomic E-state index is 12.9. The van der Waals surface area contributed by atoms with Crippen molar-refractivity contribution in [1.82, 2.24) is 10.2 Å². The molecule has 1 heterocycles. The van der Waals surface area contributed by atoms with E-state index in [1.807, 2.05) is 18.2 Å². The maximum Gasteiger partial charge on any atom is 0.278 e. The number of hydrogen-bond donors (Lipinski definition) is 2. The third kappa shape index (κ3) is 5.71. The van der Waals surface area contributed by atoms with Gasteiger partial charge >= 0.3 is 0 Å². The second kappa shape index (κ2) is 11.6. The molecule has 3 aromatic carbocycles. The topological polar surface area (TPSA) is 78.5 Å². The molecule has 0 saturated heterocycles. The Kier molecular flexibility index (Phi) is 8.31. The van der Waals surface area contributed by atoms with Gasteiger partial charge < -0.3 is 10.6 Å². The SMILES string of the molecule is CCc1cccc(CC)c1NC(=O)c1ccc(CNC2=C(Cl)C(=O)N(Cc3ccccc3Cl)C2=O)cc1. The Balaban J connectivity index is 1.40. The number of amides is 3. The van der Waals surface area contributed by atoms with Crippen LogP contribution in [0.3, 0.4) is 0 Å². The van der Waals surface area contributed by atoms with Gasteiger partial charge in [0.05, 0.1) is 6.54 Å². The number of aryl methyl sites for hydroxylation is 2. The van der Waals surface area contributed by atoms with Gasteiger partial charge in [0, 0.05) is 22.8 Å². The summed E-state index contributed by atoms with van der Waals surface area (Å²) in [5.74, 6) is -1.26. The molecule has 0 saturated carbocycles. The van der Waals surface area contributed by atoms with Crippen LogP contribution in [0.2, 0.25) is 5.02 Å². The highest BCUT2D eigenvalue weighted by Gasteiger charge is 2.37. The molecule has 0 atom stereocenters. The van der Waals surface area contributed by atoms with E-state index < -0.39 is 11.8 Å². The summed E-state index contributed by atoms with van der Waals surface area (Å²) in [5, 5.41) is 6.35. The third-order valence-corrected chi connectivity index (χ3v) is 7.04. The van der Waals surface area contributed by atoms with Gasteiger partial charge in [-0.1, -0.05) is 85.6 Å². The number of benzene rings is 3. The molecule has 0 radical (unpaired) electrons. The van der Waals surface area contributed by atoms with Crippen LogP contribution in [-0.2, 0) is 35.5 Å². The van der Waals surface area contributed by atoms with Crippen LogP contribution in [0.1, 0.15) is 46.5 Å². The fourth-order valence-corrected chi connectivity index (χ4v) is 4.64. The molecule has 3 aromatic rings. The smallest absolute Gasteiger partial charge is 0.278 e. The van der Waals surface area contributed by atoms with Gasteiger partial charge in [0.1, 0.15) is 10.7 Å². The molecule has 0 unspecified atom stereocenters. The monoisotopic (exact) mass is 535 g/mol. The number of nitrogens with one attached hydrogen (secondary N) is 2. The van der Waals surface area contributed by atoms with E-state index in [2.05, 4.69) is 24.5 Å². The summed E-state index contributed by atoms with van der Waals surface area (Å²) in [5.41, 5.74) is 5.10. The largest absolute Gasteiger partial charge is 0.375 e. The molecule has 1 aliphatic rings. The van der Waals surface area contributed by atoms with Crippen LogP contribution in [0.15, 0.2) is 77.5 Å². The molecule has 3 amide bonds. The number of nitrogens with zero attached hydrogens (tertiary/aromatic N) is 1. The van der Waals surface area contributed by atoms with E-state index in [9.17, 15) is 14.4 Å². The van der Waals surface area contributed by atoms with Crippen molar-refractivity contribution in [3.63, 3.8) is 0 Å². The lowest BCUT2D eigenvalue weighted by Gasteiger charge is -2.16. The van der Waals surface area contributed by atoms with Crippen LogP contribution in [0.5, 0.6) is 0 Å². The molecule has 0 fully saturated rings. The van der Waals surface area contributed by atoms with Crippen molar-refractivity contribution in [2.75, 3.05) is 5.32 Å². The van der Waals surface area contributed by atoms with Crippen molar-refractivity contribution >= 4 is 46.6 Å². The van der Waals surface area contributed by atoms with Crippen LogP contribution >= 0.6 is 23.2 Å². The van der Waals surface area contributed by atoms with E-state index in [0.29, 0.717) is 16.1 Å². The van der Waals surface area contributed by atoms with Crippen LogP contribution in [0.4, 0.5) is 5.69 Å². The highest BCUT2D eigenvalue weighted by Crippen LogP contribution is 2.27. The van der Waals surface area contributed by atoms with Crippen molar-refractivity contribution in [3.8, 4) is 0 Å². The van der Waals surface area contributed by atoms with Gasteiger partial charge in [-0.25, -0.2) is 0 Å². The Hall–Kier alpha value is -3.61. The summed E-state index contributed by atoms with van der Waals surface area (Å²) in [6.45, 7) is 4.41. The zero-order valence-corrected chi connectivity index (χ0v) is 22.1. The van der Waals surface area contributed by atoms with Gasteiger partial charge in [-0.2, -0.15) is 0 Å². The second-order valence-corrected chi connectivity index (χ2v) is 9.42. The molecular formula is C29H27Cl2N3O3. The summed E-state index contributed by atoms with van der Waals surface area (Å²) < 4.78 is 0. The van der Waals surface area contributed by atoms with E-state index in [-0.39, 0.29) is 29.7 Å². The summed E-state index contributed by atoms with van der Waals surface area (Å²) in [6, 6.07) is 20.1. The summed E-state index contributed by atoms with van der Waals surface area (Å²) in [4.78, 5) is 39.5. The minimum Gasteiger partial charge on any atom is -0.375 e. The lowest BCUT2D eigenvalue weighted by atomic mass is 10.0. The molecular weight excluding hydrogens is 509 g/mol. The molecule has 0 bridgehead atoms. The Labute approximate surface area is 226 Å². The number of carbonyl (C=O) groups is 3. The van der Waals surface area contributed by atoms with Gasteiger partial charge in [-0.15, -0.1) is 0 Å². The van der Waals surface area contributed by atoms with E-state index in [1.165, 1.54) is 0 Å². The minimum atomic E-state index is -0.570. The van der Waals surface area contributed by atoms with Gasteiger partial charge in [0.15, 0.2) is 0 Å². The Morgan fingerprint density at radius 3 is 2.05 bits per heavy atom. The Morgan fingerprint density at radius 1 is 0.811 bits per heavy atom. The van der Waals surface area contributed by atoms with Crippen LogP contribution in [0, 0.1) is 0 Å². The van der Waals surface area contributed by atoms with Crippen molar-refractivity contribution in [2.24, 2.45) is 0 Å². The number of hydrogen-bond acceptors (Lipinski definition) is 4. The molecule has 0 aliphatic carbocycles. The van der Waals surface area contributed by atoms with Crippen LogP contribution in [-0.4, -0.2) is 22.6 Å². The van der Waals surface area contributed by atoms with Crippen LogP contribution in [0.25, 0.3) is 0 Å².